The maximum absolute atomic E-state index is 3.75. The third kappa shape index (κ3) is 4.71. The Labute approximate surface area is 129 Å². The Bertz CT molecular complexity index is 557. The Balaban J connectivity index is 2.10. The van der Waals surface area contributed by atoms with E-state index in [0.717, 1.165) is 13.0 Å². The number of aryl methyl sites for hydroxylation is 2. The van der Waals surface area contributed by atoms with Gasteiger partial charge in [0.05, 0.1) is 0 Å². The smallest absolute Gasteiger partial charge is 0.0325 e. The molecule has 2 aromatic rings. The first-order chi connectivity index (χ1) is 10.1. The molecule has 0 fully saturated rings. The number of hydrogen-bond donors (Lipinski definition) is 1. The Morgan fingerprint density at radius 2 is 1.67 bits per heavy atom. The fourth-order valence-electron chi connectivity index (χ4n) is 2.72. The van der Waals surface area contributed by atoms with Gasteiger partial charge in [0.15, 0.2) is 0 Å². The van der Waals surface area contributed by atoms with E-state index in [1.165, 1.54) is 22.3 Å². The van der Waals surface area contributed by atoms with E-state index in [9.17, 15) is 0 Å². The van der Waals surface area contributed by atoms with Crippen molar-refractivity contribution in [1.82, 2.24) is 5.32 Å². The molecule has 1 unspecified atom stereocenters. The van der Waals surface area contributed by atoms with Crippen molar-refractivity contribution in [3.8, 4) is 0 Å². The van der Waals surface area contributed by atoms with Gasteiger partial charge in [0.25, 0.3) is 0 Å². The molecule has 0 radical (unpaired) electrons. The van der Waals surface area contributed by atoms with Crippen molar-refractivity contribution in [1.29, 1.82) is 0 Å². The van der Waals surface area contributed by atoms with Crippen LogP contribution in [0.3, 0.4) is 0 Å². The van der Waals surface area contributed by atoms with E-state index in [1.54, 1.807) is 0 Å². The highest BCUT2D eigenvalue weighted by Crippen LogP contribution is 2.22. The van der Waals surface area contributed by atoms with E-state index < -0.39 is 0 Å². The molecule has 0 saturated carbocycles. The van der Waals surface area contributed by atoms with Crippen molar-refractivity contribution in [3.63, 3.8) is 0 Å². The van der Waals surface area contributed by atoms with Crippen LogP contribution in [0.25, 0.3) is 0 Å². The topological polar surface area (TPSA) is 12.0 Å². The second kappa shape index (κ2) is 7.42. The Hall–Kier alpha value is -1.60. The maximum Gasteiger partial charge on any atom is 0.0325 e. The van der Waals surface area contributed by atoms with E-state index in [-0.39, 0.29) is 0 Å². The van der Waals surface area contributed by atoms with Gasteiger partial charge in [-0.15, -0.1) is 0 Å². The molecular weight excluding hydrogens is 254 g/mol. The third-order valence-electron chi connectivity index (χ3n) is 3.95. The van der Waals surface area contributed by atoms with Crippen LogP contribution in [0.1, 0.15) is 48.6 Å². The van der Waals surface area contributed by atoms with Gasteiger partial charge >= 0.3 is 0 Å². The largest absolute Gasteiger partial charge is 0.306 e. The molecule has 2 aromatic carbocycles. The van der Waals surface area contributed by atoms with Gasteiger partial charge in [0, 0.05) is 12.6 Å². The summed E-state index contributed by atoms with van der Waals surface area (Å²) in [6.45, 7) is 9.85. The number of nitrogens with one attached hydrogen (secondary N) is 1. The molecule has 1 atom stereocenters. The SMILES string of the molecule is Cc1ccc(C)c(CNC(CC(C)C)c2ccccc2)c1. The molecule has 1 heteroatoms. The van der Waals surface area contributed by atoms with Gasteiger partial charge < -0.3 is 5.32 Å². The maximum atomic E-state index is 3.75. The summed E-state index contributed by atoms with van der Waals surface area (Å²) in [5.41, 5.74) is 5.48. The van der Waals surface area contributed by atoms with Crippen molar-refractivity contribution in [2.75, 3.05) is 0 Å². The van der Waals surface area contributed by atoms with Crippen molar-refractivity contribution in [3.05, 3.63) is 70.8 Å². The van der Waals surface area contributed by atoms with Crippen LogP contribution in [0.2, 0.25) is 0 Å². The van der Waals surface area contributed by atoms with Crippen LogP contribution in [0.4, 0.5) is 0 Å². The zero-order valence-electron chi connectivity index (χ0n) is 13.7. The van der Waals surface area contributed by atoms with Gasteiger partial charge in [-0.05, 0) is 42.9 Å². The lowest BCUT2D eigenvalue weighted by molar-refractivity contribution is 0.428. The predicted octanol–water partition coefficient (Wildman–Crippen LogP) is 5.18. The summed E-state index contributed by atoms with van der Waals surface area (Å²) in [5, 5.41) is 3.75. The summed E-state index contributed by atoms with van der Waals surface area (Å²) in [6.07, 6.45) is 1.16. The fourth-order valence-corrected chi connectivity index (χ4v) is 2.72. The molecule has 0 aliphatic heterocycles. The van der Waals surface area contributed by atoms with Gasteiger partial charge in [0.1, 0.15) is 0 Å². The molecule has 112 valence electrons. The quantitative estimate of drug-likeness (QED) is 0.769. The van der Waals surface area contributed by atoms with Crippen molar-refractivity contribution in [2.24, 2.45) is 5.92 Å². The highest BCUT2D eigenvalue weighted by molar-refractivity contribution is 5.30. The predicted molar refractivity (Wildman–Crippen MR) is 91.4 cm³/mol. The summed E-state index contributed by atoms with van der Waals surface area (Å²) in [4.78, 5) is 0. The third-order valence-corrected chi connectivity index (χ3v) is 3.95. The normalized spacial score (nSPS) is 12.6. The van der Waals surface area contributed by atoms with Crippen LogP contribution in [-0.4, -0.2) is 0 Å². The number of benzene rings is 2. The summed E-state index contributed by atoms with van der Waals surface area (Å²) in [6, 6.07) is 17.9. The zero-order chi connectivity index (χ0) is 15.2. The molecule has 0 aliphatic carbocycles. The number of rotatable bonds is 6. The van der Waals surface area contributed by atoms with Gasteiger partial charge in [0.2, 0.25) is 0 Å². The summed E-state index contributed by atoms with van der Waals surface area (Å²) < 4.78 is 0. The highest BCUT2D eigenvalue weighted by atomic mass is 14.9. The monoisotopic (exact) mass is 281 g/mol. The number of hydrogen-bond acceptors (Lipinski definition) is 1. The van der Waals surface area contributed by atoms with Crippen molar-refractivity contribution in [2.45, 2.75) is 46.7 Å². The van der Waals surface area contributed by atoms with Crippen LogP contribution in [0.15, 0.2) is 48.5 Å². The molecule has 2 rings (SSSR count). The average molecular weight is 281 g/mol. The minimum absolute atomic E-state index is 0.422. The van der Waals surface area contributed by atoms with Gasteiger partial charge in [-0.25, -0.2) is 0 Å². The zero-order valence-corrected chi connectivity index (χ0v) is 13.7. The summed E-state index contributed by atoms with van der Waals surface area (Å²) in [5.74, 6) is 0.682. The fraction of sp³-hybridized carbons (Fsp3) is 0.400. The molecular formula is C20H27N. The van der Waals surface area contributed by atoms with Gasteiger partial charge in [-0.3, -0.25) is 0 Å². The van der Waals surface area contributed by atoms with Crippen molar-refractivity contribution < 1.29 is 0 Å². The minimum Gasteiger partial charge on any atom is -0.306 e. The molecule has 0 bridgehead atoms. The van der Waals surface area contributed by atoms with Gasteiger partial charge in [-0.1, -0.05) is 67.9 Å². The second-order valence-corrected chi connectivity index (χ2v) is 6.40. The molecule has 0 aromatic heterocycles. The van der Waals surface area contributed by atoms with Crippen LogP contribution < -0.4 is 5.32 Å². The Morgan fingerprint density at radius 3 is 2.33 bits per heavy atom. The van der Waals surface area contributed by atoms with E-state index >= 15 is 0 Å². The summed E-state index contributed by atoms with van der Waals surface area (Å²) >= 11 is 0. The van der Waals surface area contributed by atoms with E-state index in [1.807, 2.05) is 0 Å². The van der Waals surface area contributed by atoms with Crippen LogP contribution in [0, 0.1) is 19.8 Å². The van der Waals surface area contributed by atoms with Crippen LogP contribution in [-0.2, 0) is 6.54 Å². The molecule has 1 N–H and O–H groups in total. The average Bonchev–Trinajstić information content (AvgIpc) is 2.47. The second-order valence-electron chi connectivity index (χ2n) is 6.40. The first kappa shape index (κ1) is 15.8. The van der Waals surface area contributed by atoms with E-state index in [0.29, 0.717) is 12.0 Å². The first-order valence-electron chi connectivity index (χ1n) is 7.90. The van der Waals surface area contributed by atoms with Crippen molar-refractivity contribution >= 4 is 0 Å². The molecule has 1 nitrogen and oxygen atoms in total. The molecule has 0 spiro atoms. The Morgan fingerprint density at radius 1 is 0.952 bits per heavy atom. The van der Waals surface area contributed by atoms with Gasteiger partial charge in [-0.2, -0.15) is 0 Å². The molecule has 0 heterocycles. The lowest BCUT2D eigenvalue weighted by Crippen LogP contribution is -2.23. The minimum atomic E-state index is 0.422. The standard InChI is InChI=1S/C20H27N/c1-15(2)12-20(18-8-6-5-7-9-18)21-14-19-13-16(3)10-11-17(19)4/h5-11,13,15,20-21H,12,14H2,1-4H3. The van der Waals surface area contributed by atoms with E-state index in [4.69, 9.17) is 0 Å². The molecule has 0 saturated heterocycles. The van der Waals surface area contributed by atoms with Crippen LogP contribution in [0.5, 0.6) is 0 Å². The molecule has 0 amide bonds. The highest BCUT2D eigenvalue weighted by Gasteiger charge is 2.13. The lowest BCUT2D eigenvalue weighted by atomic mass is 9.96. The summed E-state index contributed by atoms with van der Waals surface area (Å²) in [7, 11) is 0. The van der Waals surface area contributed by atoms with E-state index in [2.05, 4.69) is 81.5 Å². The molecule has 0 aliphatic rings. The molecule has 21 heavy (non-hydrogen) atoms. The van der Waals surface area contributed by atoms with Crippen LogP contribution >= 0.6 is 0 Å². The lowest BCUT2D eigenvalue weighted by Gasteiger charge is -2.22. The first-order valence-corrected chi connectivity index (χ1v) is 7.90. The Kier molecular flexibility index (Phi) is 5.58.